The quantitative estimate of drug-likeness (QED) is 0.109. The maximum Gasteiger partial charge on any atom is 0.161 e. The van der Waals surface area contributed by atoms with Gasteiger partial charge in [-0.2, -0.15) is 0 Å². The van der Waals surface area contributed by atoms with E-state index < -0.39 is 0 Å². The zero-order valence-corrected chi connectivity index (χ0v) is 71.8. The van der Waals surface area contributed by atoms with Gasteiger partial charge in [0.1, 0.15) is 0 Å². The number of fused-ring (bicyclic) bond motifs is 12. The normalized spacial score (nSPS) is 12.1. The van der Waals surface area contributed by atoms with E-state index in [4.69, 9.17) is 19.9 Å². The van der Waals surface area contributed by atoms with E-state index in [1.165, 1.54) is 65.3 Å². The monoisotopic (exact) mass is 1630 g/mol. The minimum atomic E-state index is -0.0931. The number of aryl methyl sites for hydroxylation is 1. The molecule has 604 valence electrons. The molecule has 0 aliphatic carbocycles. The third-order valence-electron chi connectivity index (χ3n) is 25.9. The lowest BCUT2D eigenvalue weighted by molar-refractivity contribution is 0.590. The van der Waals surface area contributed by atoms with Crippen LogP contribution in [0.5, 0.6) is 0 Å². The van der Waals surface area contributed by atoms with E-state index in [9.17, 15) is 0 Å². The van der Waals surface area contributed by atoms with Crippen molar-refractivity contribution in [1.82, 2.24) is 38.2 Å². The van der Waals surface area contributed by atoms with Gasteiger partial charge in [-0.05, 0) is 160 Å². The molecular weight excluding hydrogens is 1540 g/mol. The molecule has 127 heavy (non-hydrogen) atoms. The fraction of sp³-hybridized carbons (Fsp3) is 0.0756. The molecule has 0 aliphatic rings. The molecular formula is C119H88N8. The minimum absolute atomic E-state index is 0.0931. The zero-order chi connectivity index (χ0) is 85.3. The lowest BCUT2D eigenvalue weighted by atomic mass is 9.85. The fourth-order valence-electron chi connectivity index (χ4n) is 19.6. The van der Waals surface area contributed by atoms with Crippen LogP contribution in [0.2, 0.25) is 0 Å². The molecule has 8 heteroatoms. The fourth-order valence-corrected chi connectivity index (χ4v) is 19.6. The van der Waals surface area contributed by atoms with Crippen molar-refractivity contribution in [2.45, 2.75) is 59.3 Å². The number of hydrogen-bond donors (Lipinski definition) is 0. The van der Waals surface area contributed by atoms with Crippen LogP contribution in [0, 0.1) is 6.92 Å². The number of benzene rings is 17. The summed E-state index contributed by atoms with van der Waals surface area (Å²) in [5, 5.41) is 9.53. The summed E-state index contributed by atoms with van der Waals surface area (Å²) in [5.41, 5.74) is 33.8. The van der Waals surface area contributed by atoms with Gasteiger partial charge in [-0.1, -0.05) is 344 Å². The number of nitrogens with zero attached hydrogens (tertiary/aromatic N) is 8. The Morgan fingerprint density at radius 2 is 0.512 bits per heavy atom. The molecule has 6 heterocycles. The van der Waals surface area contributed by atoms with Gasteiger partial charge in [-0.15, -0.1) is 0 Å². The average molecular weight is 1630 g/mol. The van der Waals surface area contributed by atoms with Crippen LogP contribution in [0.4, 0.5) is 0 Å². The summed E-state index contributed by atoms with van der Waals surface area (Å²) >= 11 is 0. The Morgan fingerprint density at radius 3 is 1.00 bits per heavy atom. The highest BCUT2D eigenvalue weighted by Crippen LogP contribution is 2.50. The predicted octanol–water partition coefficient (Wildman–Crippen LogP) is 31.2. The molecule has 0 spiro atoms. The van der Waals surface area contributed by atoms with Crippen LogP contribution < -0.4 is 0 Å². The average Bonchev–Trinajstić information content (AvgIpc) is 1.59. The molecule has 0 aliphatic heterocycles. The first-order valence-corrected chi connectivity index (χ1v) is 43.9. The smallest absolute Gasteiger partial charge is 0.161 e. The Labute approximate surface area is 738 Å². The van der Waals surface area contributed by atoms with Crippen molar-refractivity contribution < 1.29 is 0 Å². The second-order valence-electron chi connectivity index (χ2n) is 35.7. The van der Waals surface area contributed by atoms with E-state index in [1.807, 2.05) is 0 Å². The van der Waals surface area contributed by atoms with Crippen molar-refractivity contribution in [3.8, 4) is 135 Å². The van der Waals surface area contributed by atoms with Crippen molar-refractivity contribution in [3.05, 3.63) is 423 Å². The van der Waals surface area contributed by atoms with Crippen LogP contribution in [-0.2, 0) is 10.8 Å². The summed E-state index contributed by atoms with van der Waals surface area (Å²) in [5.74, 6) is 1.19. The van der Waals surface area contributed by atoms with Gasteiger partial charge in [-0.3, -0.25) is 0 Å². The first-order valence-electron chi connectivity index (χ1n) is 43.9. The van der Waals surface area contributed by atoms with Gasteiger partial charge in [0, 0.05) is 98.7 Å². The van der Waals surface area contributed by atoms with Crippen molar-refractivity contribution in [2.24, 2.45) is 0 Å². The van der Waals surface area contributed by atoms with Crippen LogP contribution in [0.3, 0.4) is 0 Å². The first kappa shape index (κ1) is 76.0. The summed E-state index contributed by atoms with van der Waals surface area (Å²) in [7, 11) is 0. The van der Waals surface area contributed by atoms with Gasteiger partial charge in [0.2, 0.25) is 0 Å². The minimum Gasteiger partial charge on any atom is -0.309 e. The lowest BCUT2D eigenvalue weighted by Crippen LogP contribution is -2.10. The number of aromatic nitrogens is 8. The standard InChI is InChI=1S/C119H88N8/c1-75-59-61-76(62-60-75)79-63-66-109-95(70-79)89-44-20-27-54-106(89)126(109)112-57-31-48-91(114(112)93-46-21-28-55-107(93)124-102-50-23-16-40-85(102)86-41-17-24-51-103(86)124)100-74-99(120-116(122-100)78-35-12-9-13-36-78)81-38-30-37-80(69-81)84-39-14-15-45-90(84)117-121-98(77-33-10-8-11-34-77)73-101(123-117)92-49-32-58-113(127-110-67-64-82(118(2,3)4)71-96(110)97-72-83(119(5,6)7)65-68-111(97)127)115(92)94-47-22-29-56-108(94)125-104-52-25-18-42-87(104)88-43-19-26-53-105(88)125/h8-74H,1-7H3. The number of hydrogen-bond acceptors (Lipinski definition) is 4. The van der Waals surface area contributed by atoms with Crippen LogP contribution >= 0.6 is 0 Å². The van der Waals surface area contributed by atoms with E-state index in [-0.39, 0.29) is 10.8 Å². The van der Waals surface area contributed by atoms with Gasteiger partial charge in [0.05, 0.1) is 89.7 Å². The summed E-state index contributed by atoms with van der Waals surface area (Å²) in [6.07, 6.45) is 0. The SMILES string of the molecule is Cc1ccc(-c2ccc3c(c2)c2ccccc2n3-c2cccc(-c3cc(-c4cccc(-c5ccccc5-c5nc(-c6ccccc6)cc(-c6cccc(-n7c8ccc(C(C)(C)C)cc8c8cc(C(C)(C)C)ccc87)c6-c6ccccc6-n6c7ccccc7c7ccccc76)n5)c4)nc(-c4ccccc4)n3)c2-c2ccccc2-n2c3ccccc3c3ccccc32)cc1. The van der Waals surface area contributed by atoms with E-state index in [2.05, 4.69) is 473 Å². The van der Waals surface area contributed by atoms with Gasteiger partial charge in [0.15, 0.2) is 11.6 Å². The zero-order valence-electron chi connectivity index (χ0n) is 71.8. The van der Waals surface area contributed by atoms with E-state index in [0.717, 1.165) is 162 Å². The van der Waals surface area contributed by atoms with Crippen molar-refractivity contribution in [3.63, 3.8) is 0 Å². The van der Waals surface area contributed by atoms with Gasteiger partial charge >= 0.3 is 0 Å². The molecule has 0 fully saturated rings. The Morgan fingerprint density at radius 1 is 0.189 bits per heavy atom. The van der Waals surface area contributed by atoms with Crippen LogP contribution in [-0.4, -0.2) is 38.2 Å². The molecule has 6 aromatic heterocycles. The molecule has 23 rings (SSSR count). The van der Waals surface area contributed by atoms with Crippen molar-refractivity contribution >= 4 is 87.2 Å². The van der Waals surface area contributed by atoms with Gasteiger partial charge < -0.3 is 18.3 Å². The van der Waals surface area contributed by atoms with Gasteiger partial charge in [-0.25, -0.2) is 19.9 Å². The molecule has 0 unspecified atom stereocenters. The topological polar surface area (TPSA) is 71.3 Å². The first-order chi connectivity index (χ1) is 62.2. The second kappa shape index (κ2) is 30.3. The van der Waals surface area contributed by atoms with Gasteiger partial charge in [0.25, 0.3) is 0 Å². The Balaban J connectivity index is 0.731. The molecule has 0 radical (unpaired) electrons. The maximum absolute atomic E-state index is 5.97. The molecule has 17 aromatic carbocycles. The molecule has 8 nitrogen and oxygen atoms in total. The highest BCUT2D eigenvalue weighted by atomic mass is 15.0. The maximum atomic E-state index is 5.97. The molecule has 0 bridgehead atoms. The number of rotatable bonds is 14. The third-order valence-corrected chi connectivity index (χ3v) is 25.9. The van der Waals surface area contributed by atoms with E-state index in [1.54, 1.807) is 0 Å². The molecule has 0 atom stereocenters. The predicted molar refractivity (Wildman–Crippen MR) is 531 cm³/mol. The molecule has 0 amide bonds. The third kappa shape index (κ3) is 13.0. The highest BCUT2D eigenvalue weighted by Gasteiger charge is 2.30. The summed E-state index contributed by atoms with van der Waals surface area (Å²) < 4.78 is 9.92. The molecule has 0 N–H and O–H groups in total. The molecule has 0 saturated carbocycles. The second-order valence-corrected chi connectivity index (χ2v) is 35.7. The highest BCUT2D eigenvalue weighted by molar-refractivity contribution is 6.16. The Bertz CT molecular complexity index is 8170. The molecule has 0 saturated heterocycles. The largest absolute Gasteiger partial charge is 0.309 e. The Hall–Kier alpha value is -15.9. The van der Waals surface area contributed by atoms with Crippen LogP contribution in [0.1, 0.15) is 58.2 Å². The van der Waals surface area contributed by atoms with Crippen molar-refractivity contribution in [1.29, 1.82) is 0 Å². The van der Waals surface area contributed by atoms with E-state index in [0.29, 0.717) is 11.6 Å². The lowest BCUT2D eigenvalue weighted by Gasteiger charge is -2.22. The molecule has 23 aromatic rings. The van der Waals surface area contributed by atoms with Crippen LogP contribution in [0.15, 0.2) is 406 Å². The number of para-hydroxylation sites is 7. The summed E-state index contributed by atoms with van der Waals surface area (Å²) in [6, 6.07) is 149. The van der Waals surface area contributed by atoms with Crippen molar-refractivity contribution in [2.75, 3.05) is 0 Å². The van der Waals surface area contributed by atoms with Crippen LogP contribution in [0.25, 0.3) is 222 Å². The summed E-state index contributed by atoms with van der Waals surface area (Å²) in [6.45, 7) is 16.0. The Kier molecular flexibility index (Phi) is 18.1. The van der Waals surface area contributed by atoms with E-state index >= 15 is 0 Å². The summed E-state index contributed by atoms with van der Waals surface area (Å²) in [4.78, 5) is 23.1.